The monoisotopic (exact) mass is 516 g/mol. The highest BCUT2D eigenvalue weighted by Crippen LogP contribution is 2.13. The lowest BCUT2D eigenvalue weighted by Gasteiger charge is -2.38. The van der Waals surface area contributed by atoms with Gasteiger partial charge in [-0.3, -0.25) is 38.6 Å². The maximum absolute atomic E-state index is 11.8. The van der Waals surface area contributed by atoms with E-state index < -0.39 is 72.8 Å². The Labute approximate surface area is 207 Å². The normalized spacial score (nSPS) is 24.7. The molecule has 1 aliphatic rings. The summed E-state index contributed by atoms with van der Waals surface area (Å²) in [6.07, 6.45) is -0.898. The average molecular weight is 517 g/mol. The topological polar surface area (TPSA) is 278 Å². The van der Waals surface area contributed by atoms with Crippen LogP contribution >= 0.6 is 0 Å². The van der Waals surface area contributed by atoms with Crippen LogP contribution in [0.15, 0.2) is 0 Å². The molecule has 204 valence electrons. The van der Waals surface area contributed by atoms with Gasteiger partial charge in [0.2, 0.25) is 23.6 Å². The van der Waals surface area contributed by atoms with Gasteiger partial charge in [0.1, 0.15) is 0 Å². The summed E-state index contributed by atoms with van der Waals surface area (Å²) in [4.78, 5) is 72.9. The first-order valence-electron chi connectivity index (χ1n) is 11.3. The van der Waals surface area contributed by atoms with Crippen LogP contribution in [0.2, 0.25) is 0 Å². The van der Waals surface area contributed by atoms with Crippen molar-refractivity contribution in [2.75, 3.05) is 39.3 Å². The van der Waals surface area contributed by atoms with E-state index in [4.69, 9.17) is 22.9 Å². The number of amides is 4. The van der Waals surface area contributed by atoms with E-state index in [2.05, 4.69) is 10.6 Å². The van der Waals surface area contributed by atoms with Gasteiger partial charge < -0.3 is 43.8 Å². The van der Waals surface area contributed by atoms with E-state index in [1.807, 2.05) is 0 Å². The Morgan fingerprint density at radius 3 is 1.17 bits per heavy atom. The second-order valence-electron chi connectivity index (χ2n) is 8.85. The lowest BCUT2D eigenvalue weighted by atomic mass is 10.0. The number of primary amides is 4. The van der Waals surface area contributed by atoms with Crippen molar-refractivity contribution in [2.45, 2.75) is 49.9 Å². The first-order chi connectivity index (χ1) is 16.8. The molecule has 0 aromatic rings. The lowest BCUT2D eigenvalue weighted by molar-refractivity contribution is -0.140. The van der Waals surface area contributed by atoms with Crippen LogP contribution < -0.4 is 33.6 Å². The molecule has 1 rings (SSSR count). The maximum atomic E-state index is 11.8. The highest BCUT2D eigenvalue weighted by molar-refractivity contribution is 5.76. The number of hydrogen-bond donors (Lipinski definition) is 8. The number of nitrogens with two attached hydrogens (primary N) is 4. The van der Waals surface area contributed by atoms with Gasteiger partial charge in [-0.25, -0.2) is 0 Å². The van der Waals surface area contributed by atoms with Crippen molar-refractivity contribution < 1.29 is 39.0 Å². The van der Waals surface area contributed by atoms with Crippen LogP contribution in [-0.2, 0) is 28.8 Å². The Hall–Kier alpha value is -3.34. The number of hydrogen-bond acceptors (Lipinski definition) is 10. The molecule has 0 saturated carbocycles. The number of carbonyl (C=O) groups excluding carboxylic acids is 4. The molecule has 0 aromatic heterocycles. The van der Waals surface area contributed by atoms with Crippen molar-refractivity contribution in [1.82, 2.24) is 20.4 Å². The van der Waals surface area contributed by atoms with Crippen LogP contribution in [0, 0.1) is 0 Å². The number of nitrogens with zero attached hydrogens (tertiary/aromatic N) is 2. The number of carboxylic acids is 2. The maximum Gasteiger partial charge on any atom is 0.317 e. The van der Waals surface area contributed by atoms with E-state index in [1.54, 1.807) is 0 Å². The highest BCUT2D eigenvalue weighted by atomic mass is 16.4. The van der Waals surface area contributed by atoms with Crippen LogP contribution in [0.3, 0.4) is 0 Å². The molecule has 0 radical (unpaired) electrons. The summed E-state index contributed by atoms with van der Waals surface area (Å²) in [5, 5.41) is 25.0. The highest BCUT2D eigenvalue weighted by Gasteiger charge is 2.31. The zero-order valence-corrected chi connectivity index (χ0v) is 19.9. The van der Waals surface area contributed by atoms with Crippen molar-refractivity contribution in [3.8, 4) is 0 Å². The third kappa shape index (κ3) is 12.4. The summed E-state index contributed by atoms with van der Waals surface area (Å²) >= 11 is 0. The predicted molar refractivity (Wildman–Crippen MR) is 125 cm³/mol. The zero-order chi connectivity index (χ0) is 27.4. The molecular weight excluding hydrogens is 480 g/mol. The summed E-state index contributed by atoms with van der Waals surface area (Å²) in [7, 11) is 0. The Balaban J connectivity index is 3.46. The second-order valence-corrected chi connectivity index (χ2v) is 8.85. The molecule has 4 atom stereocenters. The van der Waals surface area contributed by atoms with Crippen molar-refractivity contribution >= 4 is 35.6 Å². The Kier molecular flexibility index (Phi) is 12.7. The summed E-state index contributed by atoms with van der Waals surface area (Å²) in [5.74, 6) is -5.16. The van der Waals surface area contributed by atoms with Gasteiger partial charge in [-0.1, -0.05) is 0 Å². The minimum atomic E-state index is -1.19. The Morgan fingerprint density at radius 2 is 0.917 bits per heavy atom. The number of carbonyl (C=O) groups is 6. The second kappa shape index (κ2) is 14.9. The standard InChI is InChI=1S/C20H36N8O8/c21-15(29)1-11-7-27(9-19(33)34)14(4-18(24)32)6-26-12(2-16(22)30)8-28(10-20(35)36)13(5-25-11)3-17(23)31/h11-14,25-26H,1-10H2,(H2,21,29)(H2,22,30)(H2,23,31)(H2,24,32)(H,33,34)(H,35,36)/t11-,12-,13-,14-/m0/s1. The SMILES string of the molecule is NC(=O)C[C@H]1CN(CC(=O)O)[C@@H](CC(N)=O)CN[C@@H](CC(N)=O)CN(CC(=O)O)[C@@H](CC(N)=O)CN1. The molecule has 12 N–H and O–H groups in total. The van der Waals surface area contributed by atoms with Gasteiger partial charge in [-0.2, -0.15) is 0 Å². The largest absolute Gasteiger partial charge is 0.480 e. The van der Waals surface area contributed by atoms with Gasteiger partial charge in [0, 0.05) is 76.0 Å². The van der Waals surface area contributed by atoms with Gasteiger partial charge in [0.05, 0.1) is 13.1 Å². The van der Waals surface area contributed by atoms with Gasteiger partial charge in [-0.05, 0) is 0 Å². The third-order valence-corrected chi connectivity index (χ3v) is 5.67. The third-order valence-electron chi connectivity index (χ3n) is 5.67. The number of carboxylic acid groups (broad SMARTS) is 2. The number of nitrogens with one attached hydrogen (secondary N) is 2. The fraction of sp³-hybridized carbons (Fsp3) is 0.700. The van der Waals surface area contributed by atoms with E-state index in [0.717, 1.165) is 0 Å². The number of rotatable bonds is 12. The lowest BCUT2D eigenvalue weighted by Crippen LogP contribution is -2.59. The summed E-state index contributed by atoms with van der Waals surface area (Å²) in [6.45, 7) is -1.10. The first-order valence-corrected chi connectivity index (χ1v) is 11.3. The summed E-state index contributed by atoms with van der Waals surface area (Å²) < 4.78 is 0. The molecule has 1 aliphatic heterocycles. The molecule has 1 saturated heterocycles. The molecule has 16 heteroatoms. The molecule has 1 heterocycles. The van der Waals surface area contributed by atoms with Crippen LogP contribution in [0.5, 0.6) is 0 Å². The average Bonchev–Trinajstić information content (AvgIpc) is 2.70. The van der Waals surface area contributed by atoms with Gasteiger partial charge in [0.15, 0.2) is 0 Å². The smallest absolute Gasteiger partial charge is 0.317 e. The Bertz CT molecular complexity index is 760. The molecule has 1 fully saturated rings. The van der Waals surface area contributed by atoms with E-state index in [9.17, 15) is 39.0 Å². The molecule has 36 heavy (non-hydrogen) atoms. The van der Waals surface area contributed by atoms with E-state index in [-0.39, 0.29) is 51.9 Å². The van der Waals surface area contributed by atoms with Crippen molar-refractivity contribution in [1.29, 1.82) is 0 Å². The van der Waals surface area contributed by atoms with Crippen molar-refractivity contribution in [2.24, 2.45) is 22.9 Å². The molecule has 16 nitrogen and oxygen atoms in total. The summed E-state index contributed by atoms with van der Waals surface area (Å²) in [6, 6.07) is -2.92. The molecular formula is C20H36N8O8. The molecule has 0 spiro atoms. The number of aliphatic carboxylic acids is 2. The van der Waals surface area contributed by atoms with E-state index >= 15 is 0 Å². The van der Waals surface area contributed by atoms with Crippen molar-refractivity contribution in [3.05, 3.63) is 0 Å². The van der Waals surface area contributed by atoms with Crippen LogP contribution in [0.25, 0.3) is 0 Å². The Morgan fingerprint density at radius 1 is 0.611 bits per heavy atom. The van der Waals surface area contributed by atoms with E-state index in [1.165, 1.54) is 9.80 Å². The van der Waals surface area contributed by atoms with E-state index in [0.29, 0.717) is 0 Å². The van der Waals surface area contributed by atoms with Gasteiger partial charge >= 0.3 is 11.9 Å². The quantitative estimate of drug-likeness (QED) is 0.121. The molecule has 0 unspecified atom stereocenters. The summed E-state index contributed by atoms with van der Waals surface area (Å²) in [5.41, 5.74) is 21.5. The van der Waals surface area contributed by atoms with Crippen LogP contribution in [-0.4, -0.2) is 119 Å². The molecule has 0 bridgehead atoms. The van der Waals surface area contributed by atoms with Crippen LogP contribution in [0.1, 0.15) is 25.7 Å². The minimum Gasteiger partial charge on any atom is -0.480 e. The first kappa shape index (κ1) is 30.7. The van der Waals surface area contributed by atoms with Crippen molar-refractivity contribution in [3.63, 3.8) is 0 Å². The molecule has 0 aliphatic carbocycles. The minimum absolute atomic E-state index is 0.0150. The zero-order valence-electron chi connectivity index (χ0n) is 19.9. The fourth-order valence-electron chi connectivity index (χ4n) is 4.22. The van der Waals surface area contributed by atoms with Crippen LogP contribution in [0.4, 0.5) is 0 Å². The van der Waals surface area contributed by atoms with Gasteiger partial charge in [0.25, 0.3) is 0 Å². The van der Waals surface area contributed by atoms with Gasteiger partial charge in [-0.15, -0.1) is 0 Å². The molecule has 4 amide bonds. The predicted octanol–water partition coefficient (Wildman–Crippen LogP) is -5.07. The molecule has 0 aromatic carbocycles. The fourth-order valence-corrected chi connectivity index (χ4v) is 4.22.